The summed E-state index contributed by atoms with van der Waals surface area (Å²) < 4.78 is 67.2. The molecule has 1 atom stereocenters. The van der Waals surface area contributed by atoms with Crippen LogP contribution in [0.15, 0.2) is 35.6 Å². The van der Waals surface area contributed by atoms with Crippen LogP contribution >= 0.6 is 11.6 Å². The van der Waals surface area contributed by atoms with Crippen LogP contribution < -0.4 is 5.73 Å². The van der Waals surface area contributed by atoms with Gasteiger partial charge in [0.15, 0.2) is 15.7 Å². The van der Waals surface area contributed by atoms with E-state index in [-0.39, 0.29) is 27.8 Å². The Morgan fingerprint density at radius 2 is 2.00 bits per heavy atom. The lowest BCUT2D eigenvalue weighted by atomic mass is 9.90. The third-order valence-electron chi connectivity index (χ3n) is 5.03. The number of hydrogen-bond donors (Lipinski definition) is 1. The van der Waals surface area contributed by atoms with Crippen LogP contribution in [-0.2, 0) is 15.4 Å². The molecular formula is C19H18ClF3N4O2S. The van der Waals surface area contributed by atoms with Crippen molar-refractivity contribution in [3.8, 4) is 0 Å². The van der Waals surface area contributed by atoms with Gasteiger partial charge in [0.1, 0.15) is 39.5 Å². The fourth-order valence-corrected chi connectivity index (χ4v) is 4.72. The molecular weight excluding hydrogens is 441 g/mol. The van der Waals surface area contributed by atoms with Crippen molar-refractivity contribution in [1.29, 1.82) is 0 Å². The summed E-state index contributed by atoms with van der Waals surface area (Å²) in [6.45, 7) is 1.39. The topological polar surface area (TPSA) is 98.3 Å². The fraction of sp³-hybridized carbons (Fsp3) is 0.316. The Bertz CT molecular complexity index is 1150. The van der Waals surface area contributed by atoms with E-state index in [2.05, 4.69) is 15.0 Å². The third kappa shape index (κ3) is 3.81. The highest BCUT2D eigenvalue weighted by Crippen LogP contribution is 2.39. The molecule has 0 amide bonds. The third-order valence-corrected chi connectivity index (χ3v) is 7.85. The molecule has 0 saturated carbocycles. The molecule has 6 nitrogen and oxygen atoms in total. The summed E-state index contributed by atoms with van der Waals surface area (Å²) >= 11 is 5.62. The van der Waals surface area contributed by atoms with E-state index in [0.29, 0.717) is 0 Å². The molecule has 1 aromatic carbocycles. The predicted octanol–water partition coefficient (Wildman–Crippen LogP) is 3.47. The number of aromatic nitrogens is 2. The molecule has 0 saturated heterocycles. The fourth-order valence-electron chi connectivity index (χ4n) is 2.98. The monoisotopic (exact) mass is 458 g/mol. The van der Waals surface area contributed by atoms with E-state index >= 15 is 0 Å². The predicted molar refractivity (Wildman–Crippen MR) is 110 cm³/mol. The first kappa shape index (κ1) is 22.2. The number of sulfone groups is 1. The summed E-state index contributed by atoms with van der Waals surface area (Å²) in [5.74, 6) is -2.79. The molecule has 11 heteroatoms. The second-order valence-electron chi connectivity index (χ2n) is 7.39. The van der Waals surface area contributed by atoms with Crippen molar-refractivity contribution < 1.29 is 21.6 Å². The molecule has 1 aliphatic rings. The first-order valence-electron chi connectivity index (χ1n) is 8.71. The molecule has 1 unspecified atom stereocenters. The highest BCUT2D eigenvalue weighted by atomic mass is 35.5. The maximum atomic E-state index is 14.6. The summed E-state index contributed by atoms with van der Waals surface area (Å²) in [5, 5.41) is 0.0809. The Kier molecular flexibility index (Phi) is 5.68. The molecule has 160 valence electrons. The van der Waals surface area contributed by atoms with Gasteiger partial charge in [-0.1, -0.05) is 17.7 Å². The van der Waals surface area contributed by atoms with Gasteiger partial charge in [0.25, 0.3) is 0 Å². The molecule has 0 fully saturated rings. The van der Waals surface area contributed by atoms with Gasteiger partial charge in [0.05, 0.1) is 18.1 Å². The first-order valence-corrected chi connectivity index (χ1v) is 10.7. The van der Waals surface area contributed by atoms with Crippen molar-refractivity contribution in [2.75, 3.05) is 12.4 Å². The molecule has 0 radical (unpaired) electrons. The van der Waals surface area contributed by atoms with Crippen LogP contribution in [0, 0.1) is 5.82 Å². The summed E-state index contributed by atoms with van der Waals surface area (Å²) in [7, 11) is -3.96. The van der Waals surface area contributed by atoms with Gasteiger partial charge in [0.2, 0.25) is 0 Å². The Morgan fingerprint density at radius 1 is 1.30 bits per heavy atom. The second kappa shape index (κ2) is 7.66. The quantitative estimate of drug-likeness (QED) is 0.756. The molecule has 0 spiro atoms. The molecule has 1 aromatic heterocycles. The number of nitrogens with zero attached hydrogens (tertiary/aromatic N) is 3. The molecule has 2 aromatic rings. The van der Waals surface area contributed by atoms with E-state index in [1.807, 2.05) is 0 Å². The normalized spacial score (nSPS) is 23.1. The van der Waals surface area contributed by atoms with E-state index in [0.717, 1.165) is 30.6 Å². The minimum absolute atomic E-state index is 0.0809. The molecule has 3 rings (SSSR count). The van der Waals surface area contributed by atoms with Crippen LogP contribution in [-0.4, -0.2) is 41.4 Å². The summed E-state index contributed by atoms with van der Waals surface area (Å²) in [6.07, 6.45) is 3.30. The Labute approximate surface area is 176 Å². The molecule has 30 heavy (non-hydrogen) atoms. The van der Waals surface area contributed by atoms with E-state index < -0.39 is 44.2 Å². The summed E-state index contributed by atoms with van der Waals surface area (Å²) in [4.78, 5) is 11.6. The number of aliphatic imine (C=N–C) groups is 1. The zero-order valence-corrected chi connectivity index (χ0v) is 17.6. The van der Waals surface area contributed by atoms with E-state index in [9.17, 15) is 21.6 Å². The maximum absolute atomic E-state index is 14.6. The first-order chi connectivity index (χ1) is 13.9. The average molecular weight is 459 g/mol. The van der Waals surface area contributed by atoms with Gasteiger partial charge >= 0.3 is 0 Å². The Balaban J connectivity index is 2.12. The standard InChI is InChI=1S/C19H18ClF3N4O2S/c1-18(2)17(24)27-19(9-21,10-30(18,28)29)12-5-11(3-4-13(12)22)6-14(23)15-7-26-16(20)8-25-15/h3-8H,9-10H2,1-2H3,(H2,24,27). The Morgan fingerprint density at radius 3 is 2.57 bits per heavy atom. The van der Waals surface area contributed by atoms with E-state index in [4.69, 9.17) is 17.3 Å². The minimum atomic E-state index is -3.96. The highest BCUT2D eigenvalue weighted by molar-refractivity contribution is 7.93. The Hall–Kier alpha value is -2.46. The van der Waals surface area contributed by atoms with Crippen LogP contribution in [0.2, 0.25) is 5.15 Å². The number of benzene rings is 1. The van der Waals surface area contributed by atoms with Gasteiger partial charge in [0, 0.05) is 5.56 Å². The van der Waals surface area contributed by atoms with Gasteiger partial charge in [-0.3, -0.25) is 4.99 Å². The van der Waals surface area contributed by atoms with E-state index in [1.54, 1.807) is 0 Å². The largest absolute Gasteiger partial charge is 0.386 e. The van der Waals surface area contributed by atoms with Crippen LogP contribution in [0.25, 0.3) is 11.9 Å². The second-order valence-corrected chi connectivity index (χ2v) is 10.3. The maximum Gasteiger partial charge on any atom is 0.165 e. The zero-order chi connectivity index (χ0) is 22.3. The lowest BCUT2D eigenvalue weighted by molar-refractivity contribution is 0.323. The van der Waals surface area contributed by atoms with Crippen molar-refractivity contribution in [3.63, 3.8) is 0 Å². The molecule has 2 heterocycles. The smallest absolute Gasteiger partial charge is 0.165 e. The van der Waals surface area contributed by atoms with Gasteiger partial charge in [-0.15, -0.1) is 0 Å². The average Bonchev–Trinajstić information content (AvgIpc) is 2.68. The van der Waals surface area contributed by atoms with Gasteiger partial charge in [-0.05, 0) is 37.6 Å². The van der Waals surface area contributed by atoms with Crippen LogP contribution in [0.4, 0.5) is 13.2 Å². The van der Waals surface area contributed by atoms with E-state index in [1.165, 1.54) is 19.9 Å². The van der Waals surface area contributed by atoms with Gasteiger partial charge in [-0.2, -0.15) is 0 Å². The SMILES string of the molecule is CC1(C)C(N)=NC(CF)(c2cc(C=C(F)c3cnc(Cl)cn3)ccc2F)CS1(=O)=O. The summed E-state index contributed by atoms with van der Waals surface area (Å²) in [6, 6.07) is 3.38. The molecule has 0 aliphatic carbocycles. The molecule has 0 bridgehead atoms. The lowest BCUT2D eigenvalue weighted by Gasteiger charge is -2.38. The van der Waals surface area contributed by atoms with Crippen molar-refractivity contribution in [3.05, 3.63) is 58.4 Å². The van der Waals surface area contributed by atoms with Crippen LogP contribution in [0.3, 0.4) is 0 Å². The number of rotatable bonds is 4. The van der Waals surface area contributed by atoms with Crippen molar-refractivity contribution in [2.24, 2.45) is 10.7 Å². The minimum Gasteiger partial charge on any atom is -0.386 e. The zero-order valence-electron chi connectivity index (χ0n) is 16.0. The number of amidine groups is 1. The summed E-state index contributed by atoms with van der Waals surface area (Å²) in [5.41, 5.74) is 3.44. The van der Waals surface area contributed by atoms with Crippen molar-refractivity contribution in [1.82, 2.24) is 9.97 Å². The van der Waals surface area contributed by atoms with Crippen LogP contribution in [0.5, 0.6) is 0 Å². The number of nitrogens with two attached hydrogens (primary N) is 1. The number of alkyl halides is 1. The number of hydrogen-bond acceptors (Lipinski definition) is 6. The lowest BCUT2D eigenvalue weighted by Crippen LogP contribution is -2.56. The van der Waals surface area contributed by atoms with Crippen LogP contribution in [0.1, 0.15) is 30.7 Å². The molecule has 1 aliphatic heterocycles. The molecule has 2 N–H and O–H groups in total. The number of halogens is 4. The van der Waals surface area contributed by atoms with Gasteiger partial charge in [-0.25, -0.2) is 31.6 Å². The van der Waals surface area contributed by atoms with Crippen molar-refractivity contribution >= 4 is 39.2 Å². The van der Waals surface area contributed by atoms with Gasteiger partial charge < -0.3 is 5.73 Å². The highest BCUT2D eigenvalue weighted by Gasteiger charge is 2.51. The van der Waals surface area contributed by atoms with Crippen molar-refractivity contribution in [2.45, 2.75) is 24.1 Å².